The molecule has 1 unspecified atom stereocenters. The Morgan fingerprint density at radius 2 is 2.31 bits per heavy atom. The molecule has 1 atom stereocenters. The monoisotopic (exact) mass is 351 g/mol. The molecule has 2 aromatic rings. The summed E-state index contributed by atoms with van der Waals surface area (Å²) < 4.78 is 11.4. The van der Waals surface area contributed by atoms with Gasteiger partial charge in [0.1, 0.15) is 6.61 Å². The average molecular weight is 351 g/mol. The van der Waals surface area contributed by atoms with Crippen molar-refractivity contribution < 1.29 is 9.47 Å². The summed E-state index contributed by atoms with van der Waals surface area (Å²) in [7, 11) is 1.69. The Morgan fingerprint density at radius 1 is 1.35 bits per heavy atom. The third-order valence-electron chi connectivity index (χ3n) is 6.19. The molecule has 26 heavy (non-hydrogen) atoms. The number of piperidine rings is 1. The normalized spacial score (nSPS) is 24.7. The Balaban J connectivity index is 1.35. The number of nitrogens with one attached hydrogen (secondary N) is 1. The van der Waals surface area contributed by atoms with Crippen molar-refractivity contribution in [3.05, 3.63) is 46.8 Å². The number of likely N-dealkylation sites (tertiary alicyclic amines) is 1. The highest BCUT2D eigenvalue weighted by molar-refractivity contribution is 5.66. The molecule has 1 aromatic carbocycles. The largest absolute Gasteiger partial charge is 0.493 e. The van der Waals surface area contributed by atoms with Crippen LogP contribution in [0.3, 0.4) is 0 Å². The first-order valence-corrected chi connectivity index (χ1v) is 9.52. The first-order chi connectivity index (χ1) is 12.8. The number of nitrogens with zero attached hydrogens (tertiary/aromatic N) is 2. The van der Waals surface area contributed by atoms with Gasteiger partial charge in [0.15, 0.2) is 11.5 Å². The lowest BCUT2D eigenvalue weighted by Crippen LogP contribution is -2.46. The number of aromatic amines is 1. The van der Waals surface area contributed by atoms with Crippen LogP contribution in [0, 0.1) is 0 Å². The van der Waals surface area contributed by atoms with Gasteiger partial charge in [-0.25, -0.2) is 0 Å². The van der Waals surface area contributed by atoms with Crippen molar-refractivity contribution in [2.24, 2.45) is 0 Å². The summed E-state index contributed by atoms with van der Waals surface area (Å²) >= 11 is 0. The van der Waals surface area contributed by atoms with E-state index in [0.717, 1.165) is 36.7 Å². The van der Waals surface area contributed by atoms with Crippen molar-refractivity contribution in [1.29, 1.82) is 0 Å². The number of aryl methyl sites for hydroxylation is 1. The Labute approximate surface area is 154 Å². The fraction of sp³-hybridized carbons (Fsp3) is 0.476. The molecular weight excluding hydrogens is 326 g/mol. The third kappa shape index (κ3) is 2.53. The Bertz CT molecular complexity index is 857. The van der Waals surface area contributed by atoms with Gasteiger partial charge in [-0.3, -0.25) is 10.00 Å². The lowest BCUT2D eigenvalue weighted by atomic mass is 9.77. The van der Waals surface area contributed by atoms with Gasteiger partial charge >= 0.3 is 0 Å². The predicted molar refractivity (Wildman–Crippen MR) is 101 cm³/mol. The maximum absolute atomic E-state index is 6.02. The molecular formula is C21H25N3O2. The van der Waals surface area contributed by atoms with Crippen LogP contribution in [0.2, 0.25) is 0 Å². The van der Waals surface area contributed by atoms with E-state index in [9.17, 15) is 0 Å². The number of aromatic nitrogens is 2. The van der Waals surface area contributed by atoms with Crippen molar-refractivity contribution in [3.8, 4) is 11.5 Å². The quantitative estimate of drug-likeness (QED) is 0.923. The number of rotatable bonds is 3. The number of fused-ring (bicyclic) bond motifs is 3. The minimum Gasteiger partial charge on any atom is -0.493 e. The zero-order chi connectivity index (χ0) is 17.6. The van der Waals surface area contributed by atoms with E-state index in [-0.39, 0.29) is 5.41 Å². The van der Waals surface area contributed by atoms with Crippen LogP contribution in [0.4, 0.5) is 0 Å². The first-order valence-electron chi connectivity index (χ1n) is 9.52. The lowest BCUT2D eigenvalue weighted by Gasteiger charge is -2.41. The van der Waals surface area contributed by atoms with Crippen LogP contribution in [0.15, 0.2) is 30.0 Å². The van der Waals surface area contributed by atoms with E-state index in [1.54, 1.807) is 7.11 Å². The summed E-state index contributed by atoms with van der Waals surface area (Å²) in [5.41, 5.74) is 5.56. The van der Waals surface area contributed by atoms with Crippen LogP contribution in [-0.2, 0) is 11.8 Å². The molecule has 1 spiro atoms. The van der Waals surface area contributed by atoms with Gasteiger partial charge in [0.2, 0.25) is 0 Å². The smallest absolute Gasteiger partial charge is 0.168 e. The molecule has 1 saturated heterocycles. The molecule has 5 heteroatoms. The fourth-order valence-electron chi connectivity index (χ4n) is 5.00. The second-order valence-electron chi connectivity index (χ2n) is 7.83. The maximum atomic E-state index is 6.02. The number of methoxy groups -OCH3 is 1. The van der Waals surface area contributed by atoms with Gasteiger partial charge in [-0.1, -0.05) is 12.1 Å². The van der Waals surface area contributed by atoms with E-state index < -0.39 is 0 Å². The van der Waals surface area contributed by atoms with Gasteiger partial charge in [0.25, 0.3) is 0 Å². The van der Waals surface area contributed by atoms with Crippen LogP contribution in [0.25, 0.3) is 6.08 Å². The summed E-state index contributed by atoms with van der Waals surface area (Å²) in [6.45, 7) is 3.89. The van der Waals surface area contributed by atoms with Crippen molar-refractivity contribution >= 4 is 6.08 Å². The van der Waals surface area contributed by atoms with Crippen LogP contribution >= 0.6 is 0 Å². The Hall–Kier alpha value is -2.27. The highest BCUT2D eigenvalue weighted by Crippen LogP contribution is 2.44. The predicted octanol–water partition coefficient (Wildman–Crippen LogP) is 3.17. The second kappa shape index (κ2) is 6.16. The molecule has 0 saturated carbocycles. The number of hydrogen-bond acceptors (Lipinski definition) is 4. The molecule has 3 aliphatic rings. The highest BCUT2D eigenvalue weighted by Gasteiger charge is 2.43. The second-order valence-corrected chi connectivity index (χ2v) is 7.83. The van der Waals surface area contributed by atoms with Crippen molar-refractivity contribution in [3.63, 3.8) is 0 Å². The maximum Gasteiger partial charge on any atom is 0.168 e. The number of H-pyrrole nitrogens is 1. The van der Waals surface area contributed by atoms with Gasteiger partial charge in [-0.2, -0.15) is 5.10 Å². The molecule has 0 bridgehead atoms. The molecule has 1 aliphatic carbocycles. The van der Waals surface area contributed by atoms with Gasteiger partial charge in [-0.15, -0.1) is 0 Å². The molecule has 3 heterocycles. The van der Waals surface area contributed by atoms with Crippen LogP contribution < -0.4 is 9.47 Å². The third-order valence-corrected chi connectivity index (χ3v) is 6.19. The van der Waals surface area contributed by atoms with Crippen molar-refractivity contribution in [2.45, 2.75) is 31.1 Å². The van der Waals surface area contributed by atoms with Crippen LogP contribution in [0.5, 0.6) is 11.5 Å². The summed E-state index contributed by atoms with van der Waals surface area (Å²) in [5.74, 6) is 1.68. The number of para-hydroxylation sites is 1. The SMILES string of the molecule is COc1cccc2c1OCC(CN1CCCC3(CCc4cn[nH]c43)C1)=C2. The van der Waals surface area contributed by atoms with E-state index in [4.69, 9.17) is 9.47 Å². The molecule has 2 aliphatic heterocycles. The molecule has 136 valence electrons. The van der Waals surface area contributed by atoms with Crippen LogP contribution in [-0.4, -0.2) is 48.4 Å². The standard InChI is InChI=1S/C21H25N3O2/c1-25-18-5-2-4-16-10-15(13-26-19(16)18)12-24-9-3-7-21(14-24)8-6-17-11-22-23-20(17)21/h2,4-5,10-11H,3,6-9,12-14H2,1H3,(H,22,23). The van der Waals surface area contributed by atoms with E-state index in [1.807, 2.05) is 18.3 Å². The van der Waals surface area contributed by atoms with E-state index >= 15 is 0 Å². The summed E-state index contributed by atoms with van der Waals surface area (Å²) in [6.07, 6.45) is 9.23. The van der Waals surface area contributed by atoms with E-state index in [2.05, 4.69) is 27.2 Å². The summed E-state index contributed by atoms with van der Waals surface area (Å²) in [5, 5.41) is 7.59. The van der Waals surface area contributed by atoms with Gasteiger partial charge < -0.3 is 9.47 Å². The zero-order valence-corrected chi connectivity index (χ0v) is 15.3. The molecule has 0 radical (unpaired) electrons. The minimum absolute atomic E-state index is 0.279. The van der Waals surface area contributed by atoms with Crippen molar-refractivity contribution in [2.75, 3.05) is 33.4 Å². The Kier molecular flexibility index (Phi) is 3.78. The van der Waals surface area contributed by atoms with E-state index in [0.29, 0.717) is 6.61 Å². The highest BCUT2D eigenvalue weighted by atomic mass is 16.5. The Morgan fingerprint density at radius 3 is 3.23 bits per heavy atom. The van der Waals surface area contributed by atoms with E-state index in [1.165, 1.54) is 42.5 Å². The minimum atomic E-state index is 0.279. The summed E-state index contributed by atoms with van der Waals surface area (Å²) in [4.78, 5) is 2.60. The number of ether oxygens (including phenoxy) is 2. The molecule has 1 fully saturated rings. The molecule has 1 aromatic heterocycles. The molecule has 1 N–H and O–H groups in total. The van der Waals surface area contributed by atoms with Gasteiger partial charge in [-0.05, 0) is 55.5 Å². The lowest BCUT2D eigenvalue weighted by molar-refractivity contribution is 0.149. The molecule has 0 amide bonds. The van der Waals surface area contributed by atoms with Gasteiger partial charge in [0, 0.05) is 29.8 Å². The van der Waals surface area contributed by atoms with Crippen molar-refractivity contribution in [1.82, 2.24) is 15.1 Å². The average Bonchev–Trinajstić information content (AvgIpc) is 3.26. The zero-order valence-electron chi connectivity index (χ0n) is 15.3. The molecule has 5 nitrogen and oxygen atoms in total. The molecule has 5 rings (SSSR count). The van der Waals surface area contributed by atoms with Crippen LogP contribution in [0.1, 0.15) is 36.1 Å². The van der Waals surface area contributed by atoms with Gasteiger partial charge in [0.05, 0.1) is 13.3 Å². The first kappa shape index (κ1) is 15.9. The summed E-state index contributed by atoms with van der Waals surface area (Å²) in [6, 6.07) is 6.07. The number of benzene rings is 1. The fourth-order valence-corrected chi connectivity index (χ4v) is 5.00. The topological polar surface area (TPSA) is 50.4 Å². The number of hydrogen-bond donors (Lipinski definition) is 1.